The van der Waals surface area contributed by atoms with Crippen molar-refractivity contribution < 1.29 is 42.9 Å². The molecule has 1 spiro atoms. The highest BCUT2D eigenvalue weighted by atomic mass is 16.8. The normalized spacial score (nSPS) is 45.9. The lowest BCUT2D eigenvalue weighted by Gasteiger charge is -2.68. The molecule has 1 saturated heterocycles. The molecule has 210 valence electrons. The zero-order chi connectivity index (χ0) is 28.2. The third-order valence-corrected chi connectivity index (χ3v) is 10.3. The Morgan fingerprint density at radius 1 is 0.921 bits per heavy atom. The molecule has 5 fully saturated rings. The Morgan fingerprint density at radius 2 is 1.50 bits per heavy atom. The Morgan fingerprint density at radius 3 is 2.08 bits per heavy atom. The van der Waals surface area contributed by atoms with Crippen molar-refractivity contribution in [3.63, 3.8) is 0 Å². The molecule has 0 unspecified atom stereocenters. The second-order valence-corrected chi connectivity index (χ2v) is 13.3. The Kier molecular flexibility index (Phi) is 5.84. The number of fused-ring (bicyclic) bond motifs is 2. The standard InChI is InChI=1S/C29H40O9/c1-14-23(33)29-21(36-17(4)32)12-19-25(5,6)11-10-20(35-16(3)31)27(19,9)22(29)18(34-15(2)30)13-28(14)24(29)37-26(7,8)38-28/h18-22,24H,1,10-13H2,2-9H3/t18-,19+,20+,21+,22+,24+,27-,28+,29-/m0/s1. The van der Waals surface area contributed by atoms with Gasteiger partial charge in [0.05, 0.1) is 0 Å². The van der Waals surface area contributed by atoms with E-state index in [1.807, 2.05) is 6.92 Å². The first-order chi connectivity index (χ1) is 17.4. The van der Waals surface area contributed by atoms with E-state index in [9.17, 15) is 19.2 Å². The fraction of sp³-hybridized carbons (Fsp3) is 0.793. The Bertz CT molecular complexity index is 1120. The smallest absolute Gasteiger partial charge is 0.302 e. The van der Waals surface area contributed by atoms with Crippen molar-refractivity contribution in [3.05, 3.63) is 12.2 Å². The average Bonchev–Trinajstić information content (AvgIpc) is 3.10. The highest BCUT2D eigenvalue weighted by Gasteiger charge is 2.86. The monoisotopic (exact) mass is 532 g/mol. The summed E-state index contributed by atoms with van der Waals surface area (Å²) in [5.74, 6) is -3.59. The van der Waals surface area contributed by atoms with Crippen LogP contribution in [0.4, 0.5) is 0 Å². The molecule has 0 amide bonds. The molecule has 38 heavy (non-hydrogen) atoms. The Labute approximate surface area is 223 Å². The van der Waals surface area contributed by atoms with Gasteiger partial charge in [-0.3, -0.25) is 19.2 Å². The van der Waals surface area contributed by atoms with Gasteiger partial charge in [-0.25, -0.2) is 0 Å². The number of Topliss-reactive ketones (excluding diaryl/α,β-unsaturated/α-hetero) is 1. The highest BCUT2D eigenvalue weighted by molar-refractivity contribution is 6.07. The maximum absolute atomic E-state index is 14.6. The van der Waals surface area contributed by atoms with E-state index >= 15 is 0 Å². The molecule has 0 aromatic carbocycles. The molecule has 0 radical (unpaired) electrons. The number of rotatable bonds is 3. The van der Waals surface area contributed by atoms with Crippen molar-refractivity contribution in [2.75, 3.05) is 0 Å². The molecule has 9 nitrogen and oxygen atoms in total. The lowest BCUT2D eigenvalue weighted by Crippen LogP contribution is -2.75. The molecule has 4 aliphatic carbocycles. The second-order valence-electron chi connectivity index (χ2n) is 13.3. The summed E-state index contributed by atoms with van der Waals surface area (Å²) >= 11 is 0. The molecular weight excluding hydrogens is 492 g/mol. The maximum atomic E-state index is 14.6. The first kappa shape index (κ1) is 27.3. The van der Waals surface area contributed by atoms with Crippen LogP contribution in [-0.4, -0.2) is 59.5 Å². The molecule has 0 aromatic heterocycles. The van der Waals surface area contributed by atoms with Gasteiger partial charge < -0.3 is 23.7 Å². The van der Waals surface area contributed by atoms with Crippen molar-refractivity contribution in [2.45, 2.75) is 117 Å². The summed E-state index contributed by atoms with van der Waals surface area (Å²) in [4.78, 5) is 52.0. The van der Waals surface area contributed by atoms with Crippen LogP contribution < -0.4 is 0 Å². The van der Waals surface area contributed by atoms with E-state index in [2.05, 4.69) is 20.4 Å². The summed E-state index contributed by atoms with van der Waals surface area (Å²) in [7, 11) is 0. The largest absolute Gasteiger partial charge is 0.462 e. The van der Waals surface area contributed by atoms with Crippen molar-refractivity contribution in [2.24, 2.45) is 28.1 Å². The average molecular weight is 533 g/mol. The Hall–Kier alpha value is -2.26. The van der Waals surface area contributed by atoms with Gasteiger partial charge >= 0.3 is 17.9 Å². The van der Waals surface area contributed by atoms with Gasteiger partial charge in [0.15, 0.2) is 11.6 Å². The third-order valence-electron chi connectivity index (χ3n) is 10.3. The zero-order valence-corrected chi connectivity index (χ0v) is 23.7. The topological polar surface area (TPSA) is 114 Å². The van der Waals surface area contributed by atoms with Gasteiger partial charge in [-0.15, -0.1) is 0 Å². The van der Waals surface area contributed by atoms with Gasteiger partial charge in [0, 0.05) is 44.1 Å². The van der Waals surface area contributed by atoms with Gasteiger partial charge in [-0.2, -0.15) is 0 Å². The third kappa shape index (κ3) is 3.36. The molecule has 1 heterocycles. The van der Waals surface area contributed by atoms with Crippen LogP contribution >= 0.6 is 0 Å². The lowest BCUT2D eigenvalue weighted by atomic mass is 9.38. The maximum Gasteiger partial charge on any atom is 0.302 e. The minimum Gasteiger partial charge on any atom is -0.462 e. The first-order valence-electron chi connectivity index (χ1n) is 13.6. The highest BCUT2D eigenvalue weighted by Crippen LogP contribution is 2.75. The van der Waals surface area contributed by atoms with Crippen LogP contribution in [0.3, 0.4) is 0 Å². The molecule has 0 N–H and O–H groups in total. The molecule has 9 heteroatoms. The second kappa shape index (κ2) is 8.13. The van der Waals surface area contributed by atoms with E-state index in [-0.39, 0.29) is 29.1 Å². The number of esters is 3. The molecule has 4 saturated carbocycles. The number of ketones is 1. The van der Waals surface area contributed by atoms with Crippen molar-refractivity contribution in [3.8, 4) is 0 Å². The summed E-state index contributed by atoms with van der Waals surface area (Å²) < 4.78 is 31.1. The van der Waals surface area contributed by atoms with Gasteiger partial charge in [-0.1, -0.05) is 27.4 Å². The SMILES string of the molecule is C=C1C(=O)[C@]23[C@H]([C@@H](OC(C)=O)C[C@@]14OC(C)(C)O[C@@H]24)[C@@]1(C)[C@H](C[C@H]3OC(C)=O)C(C)(C)CC[C@H]1OC(C)=O. The van der Waals surface area contributed by atoms with Crippen LogP contribution in [-0.2, 0) is 42.9 Å². The minimum atomic E-state index is -1.44. The van der Waals surface area contributed by atoms with Crippen molar-refractivity contribution in [1.82, 2.24) is 0 Å². The number of hydrogen-bond acceptors (Lipinski definition) is 9. The summed E-state index contributed by atoms with van der Waals surface area (Å²) in [5.41, 5.74) is -3.49. The van der Waals surface area contributed by atoms with Crippen molar-refractivity contribution >= 4 is 23.7 Å². The van der Waals surface area contributed by atoms with E-state index in [0.717, 1.165) is 6.42 Å². The summed E-state index contributed by atoms with van der Waals surface area (Å²) in [6.45, 7) is 18.2. The van der Waals surface area contributed by atoms with Crippen LogP contribution in [0.25, 0.3) is 0 Å². The van der Waals surface area contributed by atoms with Crippen molar-refractivity contribution in [1.29, 1.82) is 0 Å². The Balaban J connectivity index is 1.83. The van der Waals surface area contributed by atoms with E-state index in [1.165, 1.54) is 20.8 Å². The zero-order valence-electron chi connectivity index (χ0n) is 23.7. The fourth-order valence-electron chi connectivity index (χ4n) is 9.41. The number of carbonyl (C=O) groups is 4. The summed E-state index contributed by atoms with van der Waals surface area (Å²) in [6.07, 6.45) is -1.12. The predicted molar refractivity (Wildman–Crippen MR) is 133 cm³/mol. The minimum absolute atomic E-state index is 0.129. The van der Waals surface area contributed by atoms with Gasteiger partial charge in [-0.05, 0) is 44.4 Å². The van der Waals surface area contributed by atoms with Crippen LogP contribution in [0.1, 0.15) is 81.1 Å². The van der Waals surface area contributed by atoms with Crippen LogP contribution in [0.2, 0.25) is 0 Å². The fourth-order valence-corrected chi connectivity index (χ4v) is 9.41. The molecule has 2 bridgehead atoms. The molecule has 5 aliphatic rings. The van der Waals surface area contributed by atoms with E-state index in [1.54, 1.807) is 13.8 Å². The van der Waals surface area contributed by atoms with Gasteiger partial charge in [0.2, 0.25) is 0 Å². The van der Waals surface area contributed by atoms with Gasteiger partial charge in [0.25, 0.3) is 0 Å². The summed E-state index contributed by atoms with van der Waals surface area (Å²) in [6, 6.07) is 0. The molecule has 9 atom stereocenters. The van der Waals surface area contributed by atoms with E-state index in [4.69, 9.17) is 23.7 Å². The number of ether oxygens (including phenoxy) is 5. The molecule has 0 aromatic rings. The quantitative estimate of drug-likeness (QED) is 0.305. The number of carbonyl (C=O) groups excluding carboxylic acids is 4. The van der Waals surface area contributed by atoms with Crippen LogP contribution in [0, 0.1) is 28.1 Å². The first-order valence-corrected chi connectivity index (χ1v) is 13.6. The summed E-state index contributed by atoms with van der Waals surface area (Å²) in [5, 5.41) is 0. The molecule has 5 rings (SSSR count). The molecular formula is C29H40O9. The van der Waals surface area contributed by atoms with Crippen LogP contribution in [0.5, 0.6) is 0 Å². The van der Waals surface area contributed by atoms with E-state index in [0.29, 0.717) is 12.8 Å². The number of hydrogen-bond donors (Lipinski definition) is 0. The van der Waals surface area contributed by atoms with Crippen LogP contribution in [0.15, 0.2) is 12.2 Å². The molecule has 1 aliphatic heterocycles. The van der Waals surface area contributed by atoms with E-state index < -0.39 is 70.5 Å². The van der Waals surface area contributed by atoms with Gasteiger partial charge in [0.1, 0.15) is 35.4 Å². The predicted octanol–water partition coefficient (Wildman–Crippen LogP) is 3.66. The lowest BCUT2D eigenvalue weighted by molar-refractivity contribution is -0.285.